The first kappa shape index (κ1) is 129. The summed E-state index contributed by atoms with van der Waals surface area (Å²) in [5.41, 5.74) is 81.8. The number of aldehydes is 6. The first-order valence-corrected chi connectivity index (χ1v) is 27.6. The second-order valence-corrected chi connectivity index (χ2v) is 15.7. The first-order valence-electron chi connectivity index (χ1n) is 27.6. The second-order valence-electron chi connectivity index (χ2n) is 15.7. The number of para-hydroxylation sites is 6. The molecule has 6 aromatic rings. The van der Waals surface area contributed by atoms with Crippen LogP contribution >= 0.6 is 0 Å². The van der Waals surface area contributed by atoms with Crippen molar-refractivity contribution in [2.45, 2.75) is 62.3 Å². The Balaban J connectivity index is -0.0000000722. The van der Waals surface area contributed by atoms with Crippen molar-refractivity contribution in [2.24, 2.45) is 0 Å². The largest absolute Gasteiger partial charge is 2.00 e. The number of carbonyl (C=O) groups is 6. The summed E-state index contributed by atoms with van der Waals surface area (Å²) in [6.07, 6.45) is 3.20. The van der Waals surface area contributed by atoms with Gasteiger partial charge in [-0.1, -0.05) is 107 Å². The van der Waals surface area contributed by atoms with Crippen molar-refractivity contribution in [3.05, 3.63) is 238 Å². The third-order valence-corrected chi connectivity index (χ3v) is 10.1. The Hall–Kier alpha value is -8.21. The van der Waals surface area contributed by atoms with E-state index in [2.05, 4.69) is 20.8 Å². The summed E-state index contributed by atoms with van der Waals surface area (Å²) in [4.78, 5) is 72.6. The van der Waals surface area contributed by atoms with Crippen molar-refractivity contribution < 1.29 is 249 Å². The van der Waals surface area contributed by atoms with E-state index in [-0.39, 0.29) is 258 Å². The maximum atomic E-state index is 11.2. The molecule has 44 heteroatoms. The molecular weight excluding hydrogens is 1580 g/mol. The van der Waals surface area contributed by atoms with E-state index in [0.717, 1.165) is 0 Å². The predicted octanol–water partition coefficient (Wildman–Crippen LogP) is 1.96. The van der Waals surface area contributed by atoms with Gasteiger partial charge in [-0.05, 0) is 98.7 Å². The minimum atomic E-state index is -0.339. The number of nitrogens with one attached hydrogen (secondary N) is 1. The Kier molecular flexibility index (Phi) is 117. The van der Waals surface area contributed by atoms with Crippen LogP contribution < -0.4 is 153 Å². The van der Waals surface area contributed by atoms with E-state index in [1.54, 1.807) is 119 Å². The molecule has 4 radical (unpaired) electrons. The van der Waals surface area contributed by atoms with E-state index in [0.29, 0.717) is 77.4 Å². The van der Waals surface area contributed by atoms with Gasteiger partial charge in [0.1, 0.15) is 72.2 Å². The van der Waals surface area contributed by atoms with Gasteiger partial charge in [-0.25, -0.2) is 0 Å². The third-order valence-electron chi connectivity index (χ3n) is 10.1. The average molecular weight is 1650 g/mol. The summed E-state index contributed by atoms with van der Waals surface area (Å²) in [5.74, 6) is -0.603. The fraction of sp³-hybridized carbons (Fsp3) is 0.300. The van der Waals surface area contributed by atoms with E-state index >= 15 is 0 Å². The number of benzene rings is 6. The fourth-order valence-corrected chi connectivity index (χ4v) is 6.12. The molecule has 1 N–H and O–H groups in total. The van der Waals surface area contributed by atoms with Gasteiger partial charge in [0.05, 0.1) is 59.3 Å². The molecule has 0 fully saturated rings. The minimum absolute atomic E-state index is 0. The molecule has 6 rings (SSSR count). The molecule has 0 bridgehead atoms. The summed E-state index contributed by atoms with van der Waals surface area (Å²) in [6.45, 7) is 23.8. The Morgan fingerprint density at radius 1 is 0.269 bits per heavy atom. The number of nitrogens with zero attached hydrogens (tertiary/aromatic N) is 18. The molecule has 0 unspecified atom stereocenters. The van der Waals surface area contributed by atoms with Gasteiger partial charge in [-0.3, -0.25) is 58.2 Å². The first-order chi connectivity index (χ1) is 46.6. The van der Waals surface area contributed by atoms with Crippen molar-refractivity contribution in [2.75, 3.05) is 59.3 Å². The predicted molar refractivity (Wildman–Crippen MR) is 348 cm³/mol. The van der Waals surface area contributed by atoms with Crippen LogP contribution in [-0.2, 0) is 67.1 Å². The van der Waals surface area contributed by atoms with E-state index in [9.17, 15) is 59.4 Å². The SMILES string of the molecule is CCOc1cccc(C=O)c1[O-].CCOc1cccc(C=O)c1[O-].CCOc1cccc(C=O)c1[O-].CCOc1cccc(C=O)c1[O-].CCOc1cccc(C=O)c1[O-].CCOc1cccc(C=O)c1[O-].CC[NH+](CC)CC.[Co+2].[Co+2].[Co+2].[Co+2].[N-]=[N+]=[N-].[N-]=[N+]=[N-].[N-]=[N+]=[N-].[N-]=[N+]=[N-].[N-]=[N+]=[N-].[N-]=[N+]=[N-].[Na+].[Na+].[Na+]. The molecule has 6 aromatic carbocycles. The molecule has 0 heterocycles. The van der Waals surface area contributed by atoms with Gasteiger partial charge in [0.15, 0.2) is 0 Å². The number of rotatable bonds is 21. The third kappa shape index (κ3) is 64.6. The molecule has 0 saturated carbocycles. The van der Waals surface area contributed by atoms with Crippen LogP contribution in [0, 0.1) is 0 Å². The van der Waals surface area contributed by atoms with Crippen LogP contribution in [0.4, 0.5) is 0 Å². The summed E-state index contributed by atoms with van der Waals surface area (Å²) in [6, 6.07) is 27.9. The quantitative estimate of drug-likeness (QED) is 0.0354. The number of carbonyl (C=O) groups excluding carboxylic acids is 6. The Labute approximate surface area is 708 Å². The van der Waals surface area contributed by atoms with Gasteiger partial charge >= 0.3 is 156 Å². The van der Waals surface area contributed by atoms with Gasteiger partial charge in [0.25, 0.3) is 0 Å². The fourth-order valence-electron chi connectivity index (χ4n) is 6.12. The van der Waals surface area contributed by atoms with Crippen LogP contribution in [0.5, 0.6) is 69.0 Å². The van der Waals surface area contributed by atoms with Crippen LogP contribution in [0.15, 0.2) is 109 Å². The molecule has 0 atom stereocenters. The number of ether oxygens (including phenoxy) is 6. The van der Waals surface area contributed by atoms with Crippen molar-refractivity contribution >= 4 is 37.7 Å². The summed E-state index contributed by atoms with van der Waals surface area (Å²) in [5, 5.41) is 67.4. The van der Waals surface area contributed by atoms with Gasteiger partial charge in [0, 0.05) is 33.4 Å². The van der Waals surface area contributed by atoms with E-state index < -0.39 is 0 Å². The second kappa shape index (κ2) is 94.8. The Morgan fingerprint density at radius 2 is 0.375 bits per heavy atom. The molecule has 0 aliphatic rings. The van der Waals surface area contributed by atoms with Crippen molar-refractivity contribution in [3.8, 4) is 69.0 Å². The number of quaternary nitrogens is 1. The van der Waals surface area contributed by atoms with Crippen LogP contribution in [0.25, 0.3) is 95.8 Å². The monoisotopic (exact) mass is 1650 g/mol. The maximum absolute atomic E-state index is 11.2. The van der Waals surface area contributed by atoms with Crippen molar-refractivity contribution in [3.63, 3.8) is 0 Å². The zero-order valence-electron chi connectivity index (χ0n) is 58.5. The molecule has 0 spiro atoms. The van der Waals surface area contributed by atoms with Crippen LogP contribution in [-0.4, -0.2) is 97.0 Å². The molecule has 552 valence electrons. The van der Waals surface area contributed by atoms with Crippen LogP contribution in [0.3, 0.4) is 0 Å². The molecule has 0 aromatic heterocycles. The standard InChI is InChI=1S/6C9H10O3.C6H15N.4Co.6N3.3Na/c6*1-2-12-8-5-3-4-7(6-10)9(8)11;1-4-7(5-2)6-3;;;;;6*1-3-2;;;/h6*3-6,11H,2H2,1H3;4-6H2,1-3H3;;;;;;;;;;;;;/q;;;;;;;4*+2;6*-1;3*+1/p-5. The summed E-state index contributed by atoms with van der Waals surface area (Å²) < 4.78 is 30.0. The van der Waals surface area contributed by atoms with E-state index in [1.165, 1.54) is 85.5 Å². The number of hydrogen-bond donors (Lipinski definition) is 1. The molecule has 37 nitrogen and oxygen atoms in total. The van der Waals surface area contributed by atoms with Crippen LogP contribution in [0.1, 0.15) is 124 Å². The Morgan fingerprint density at radius 3 is 0.442 bits per heavy atom. The zero-order chi connectivity index (χ0) is 75.8. The summed E-state index contributed by atoms with van der Waals surface area (Å²) >= 11 is 0. The van der Waals surface area contributed by atoms with E-state index in [4.69, 9.17) is 94.8 Å². The van der Waals surface area contributed by atoms with Crippen LogP contribution in [0.2, 0.25) is 0 Å². The molecule has 0 aliphatic heterocycles. The molecule has 104 heavy (non-hydrogen) atoms. The molecular formula is C60H70Co4N19Na3O18. The normalized spacial score (nSPS) is 7.67. The minimum Gasteiger partial charge on any atom is -0.869 e. The van der Waals surface area contributed by atoms with Gasteiger partial charge in [0.2, 0.25) is 0 Å². The summed E-state index contributed by atoms with van der Waals surface area (Å²) in [7, 11) is 0. The molecule has 0 aliphatic carbocycles. The average Bonchev–Trinajstić information content (AvgIpc) is 0.933. The van der Waals surface area contributed by atoms with E-state index in [1.807, 2.05) is 0 Å². The van der Waals surface area contributed by atoms with Gasteiger partial charge in [-0.2, -0.15) is 0 Å². The molecule has 0 saturated heterocycles. The van der Waals surface area contributed by atoms with Crippen molar-refractivity contribution in [1.29, 1.82) is 0 Å². The zero-order valence-corrected chi connectivity index (χ0v) is 68.6. The smallest absolute Gasteiger partial charge is 0.869 e. The van der Waals surface area contributed by atoms with Gasteiger partial charge in [-0.15, -0.1) is 0 Å². The Bertz CT molecular complexity index is 2860. The molecule has 0 amide bonds. The van der Waals surface area contributed by atoms with Gasteiger partial charge < -0.3 is 130 Å². The topological polar surface area (TPSA) is 653 Å². The maximum Gasteiger partial charge on any atom is 2.00 e. The van der Waals surface area contributed by atoms with Crippen molar-refractivity contribution in [1.82, 2.24) is 0 Å². The number of hydrogen-bond acceptors (Lipinski definition) is 18.